The number of rotatable bonds is 2. The van der Waals surface area contributed by atoms with Crippen LogP contribution in [0.5, 0.6) is 0 Å². The van der Waals surface area contributed by atoms with Crippen molar-refractivity contribution in [3.8, 4) is 0 Å². The third-order valence-corrected chi connectivity index (χ3v) is 4.88. The van der Waals surface area contributed by atoms with Crippen molar-refractivity contribution in [3.63, 3.8) is 0 Å². The normalized spacial score (nSPS) is 15.4. The van der Waals surface area contributed by atoms with Crippen LogP contribution in [0.15, 0.2) is 23.0 Å². The largest absolute Gasteiger partial charge is 0.310 e. The van der Waals surface area contributed by atoms with E-state index in [1.165, 1.54) is 16.7 Å². The van der Waals surface area contributed by atoms with E-state index in [1.807, 2.05) is 0 Å². The lowest BCUT2D eigenvalue weighted by atomic mass is 9.94. The van der Waals surface area contributed by atoms with Crippen LogP contribution in [0.2, 0.25) is 0 Å². The Hall–Kier alpha value is -1.94. The third kappa shape index (κ3) is 3.29. The molecule has 0 bridgehead atoms. The molecule has 1 aliphatic heterocycles. The highest BCUT2D eigenvalue weighted by Gasteiger charge is 2.25. The zero-order chi connectivity index (χ0) is 17.5. The fraction of sp³-hybridized carbons (Fsp3) is 0.500. The SMILES string of the molecule is Cc1cccc(C)c1CN1CCc2nc(C(C)(C)C)[nH]c(=O)c2C1. The fourth-order valence-corrected chi connectivity index (χ4v) is 3.29. The van der Waals surface area contributed by atoms with Gasteiger partial charge in [-0.05, 0) is 30.5 Å². The minimum atomic E-state index is -0.135. The molecule has 1 aromatic heterocycles. The highest BCUT2D eigenvalue weighted by atomic mass is 16.1. The van der Waals surface area contributed by atoms with Crippen molar-refractivity contribution in [3.05, 3.63) is 62.3 Å². The van der Waals surface area contributed by atoms with Crippen LogP contribution in [0.25, 0.3) is 0 Å². The Morgan fingerprint density at radius 3 is 2.50 bits per heavy atom. The molecule has 4 heteroatoms. The monoisotopic (exact) mass is 325 g/mol. The summed E-state index contributed by atoms with van der Waals surface area (Å²) in [6.45, 7) is 13.1. The third-order valence-electron chi connectivity index (χ3n) is 4.88. The van der Waals surface area contributed by atoms with E-state index >= 15 is 0 Å². The first-order valence-corrected chi connectivity index (χ1v) is 8.65. The van der Waals surface area contributed by atoms with Crippen molar-refractivity contribution < 1.29 is 0 Å². The first-order chi connectivity index (χ1) is 11.3. The molecule has 4 nitrogen and oxygen atoms in total. The first kappa shape index (κ1) is 16.9. The Balaban J connectivity index is 1.86. The summed E-state index contributed by atoms with van der Waals surface area (Å²) in [5.41, 5.74) is 5.70. The van der Waals surface area contributed by atoms with Crippen LogP contribution in [-0.2, 0) is 24.9 Å². The molecule has 2 aromatic rings. The van der Waals surface area contributed by atoms with E-state index in [4.69, 9.17) is 4.98 Å². The van der Waals surface area contributed by atoms with E-state index in [-0.39, 0.29) is 11.0 Å². The molecule has 0 unspecified atom stereocenters. The number of aryl methyl sites for hydroxylation is 2. The minimum Gasteiger partial charge on any atom is -0.310 e. The Bertz CT molecular complexity index is 794. The zero-order valence-electron chi connectivity index (χ0n) is 15.4. The van der Waals surface area contributed by atoms with E-state index in [1.54, 1.807) is 0 Å². The van der Waals surface area contributed by atoms with E-state index in [0.29, 0.717) is 6.54 Å². The number of aromatic nitrogens is 2. The quantitative estimate of drug-likeness (QED) is 0.922. The number of aromatic amines is 1. The molecular weight excluding hydrogens is 298 g/mol. The fourth-order valence-electron chi connectivity index (χ4n) is 3.29. The Kier molecular flexibility index (Phi) is 4.35. The van der Waals surface area contributed by atoms with Gasteiger partial charge in [0, 0.05) is 31.5 Å². The number of hydrogen-bond donors (Lipinski definition) is 1. The van der Waals surface area contributed by atoms with Gasteiger partial charge in [0.25, 0.3) is 5.56 Å². The highest BCUT2D eigenvalue weighted by Crippen LogP contribution is 2.23. The average Bonchev–Trinajstić information content (AvgIpc) is 2.50. The molecule has 2 heterocycles. The van der Waals surface area contributed by atoms with Gasteiger partial charge in [-0.1, -0.05) is 39.0 Å². The van der Waals surface area contributed by atoms with Crippen LogP contribution in [0.1, 0.15) is 54.5 Å². The molecule has 1 aliphatic rings. The standard InChI is InChI=1S/C20H27N3O/c1-13-7-6-8-14(2)15(13)11-23-10-9-17-16(12-23)18(24)22-19(21-17)20(3,4)5/h6-8H,9-12H2,1-5H3,(H,21,22,24). The predicted molar refractivity (Wildman–Crippen MR) is 97.3 cm³/mol. The van der Waals surface area contributed by atoms with Gasteiger partial charge in [0.05, 0.1) is 11.3 Å². The average molecular weight is 325 g/mol. The molecule has 3 rings (SSSR count). The van der Waals surface area contributed by atoms with Gasteiger partial charge >= 0.3 is 0 Å². The molecular formula is C20H27N3O. The molecule has 0 spiro atoms. The number of fused-ring (bicyclic) bond motifs is 1. The number of benzene rings is 1. The van der Waals surface area contributed by atoms with Crippen molar-refractivity contribution in [2.24, 2.45) is 0 Å². The minimum absolute atomic E-state index is 0.0242. The van der Waals surface area contributed by atoms with Crippen LogP contribution in [-0.4, -0.2) is 21.4 Å². The van der Waals surface area contributed by atoms with E-state index in [2.05, 4.69) is 62.7 Å². The van der Waals surface area contributed by atoms with E-state index in [9.17, 15) is 4.79 Å². The Morgan fingerprint density at radius 2 is 1.88 bits per heavy atom. The molecule has 0 aliphatic carbocycles. The van der Waals surface area contributed by atoms with Gasteiger partial charge in [0.15, 0.2) is 0 Å². The van der Waals surface area contributed by atoms with Crippen LogP contribution in [0, 0.1) is 13.8 Å². The highest BCUT2D eigenvalue weighted by molar-refractivity contribution is 5.33. The van der Waals surface area contributed by atoms with Gasteiger partial charge in [-0.3, -0.25) is 9.69 Å². The van der Waals surface area contributed by atoms with Crippen LogP contribution in [0.4, 0.5) is 0 Å². The molecule has 24 heavy (non-hydrogen) atoms. The van der Waals surface area contributed by atoms with Crippen molar-refractivity contribution >= 4 is 0 Å². The predicted octanol–water partition coefficient (Wildman–Crippen LogP) is 3.24. The second-order valence-corrected chi connectivity index (χ2v) is 7.92. The Morgan fingerprint density at radius 1 is 1.21 bits per heavy atom. The van der Waals surface area contributed by atoms with Gasteiger partial charge in [-0.25, -0.2) is 4.98 Å². The summed E-state index contributed by atoms with van der Waals surface area (Å²) in [6.07, 6.45) is 0.841. The van der Waals surface area contributed by atoms with Crippen LogP contribution in [0.3, 0.4) is 0 Å². The van der Waals surface area contributed by atoms with Crippen LogP contribution < -0.4 is 5.56 Å². The molecule has 0 saturated heterocycles. The van der Waals surface area contributed by atoms with Crippen molar-refractivity contribution in [2.75, 3.05) is 6.54 Å². The summed E-state index contributed by atoms with van der Waals surface area (Å²) >= 11 is 0. The van der Waals surface area contributed by atoms with Crippen molar-refractivity contribution in [1.29, 1.82) is 0 Å². The lowest BCUT2D eigenvalue weighted by Gasteiger charge is -2.29. The maximum atomic E-state index is 12.5. The topological polar surface area (TPSA) is 49.0 Å². The molecule has 0 amide bonds. The molecule has 0 atom stereocenters. The summed E-state index contributed by atoms with van der Waals surface area (Å²) in [6, 6.07) is 6.41. The zero-order valence-corrected chi connectivity index (χ0v) is 15.4. The molecule has 0 saturated carbocycles. The summed E-state index contributed by atoms with van der Waals surface area (Å²) < 4.78 is 0. The maximum Gasteiger partial charge on any atom is 0.255 e. The first-order valence-electron chi connectivity index (χ1n) is 8.65. The van der Waals surface area contributed by atoms with Gasteiger partial charge in [-0.2, -0.15) is 0 Å². The molecule has 128 valence electrons. The second kappa shape index (κ2) is 6.17. The number of H-pyrrole nitrogens is 1. The van der Waals surface area contributed by atoms with E-state index in [0.717, 1.165) is 36.6 Å². The second-order valence-electron chi connectivity index (χ2n) is 7.92. The number of nitrogens with one attached hydrogen (secondary N) is 1. The van der Waals surface area contributed by atoms with Gasteiger partial charge in [0.1, 0.15) is 5.82 Å². The van der Waals surface area contributed by atoms with Gasteiger partial charge in [0.2, 0.25) is 0 Å². The summed E-state index contributed by atoms with van der Waals surface area (Å²) in [7, 11) is 0. The summed E-state index contributed by atoms with van der Waals surface area (Å²) in [5.74, 6) is 0.787. The van der Waals surface area contributed by atoms with Crippen molar-refractivity contribution in [1.82, 2.24) is 14.9 Å². The number of nitrogens with zero attached hydrogens (tertiary/aromatic N) is 2. The van der Waals surface area contributed by atoms with Crippen LogP contribution >= 0.6 is 0 Å². The van der Waals surface area contributed by atoms with E-state index < -0.39 is 0 Å². The lowest BCUT2D eigenvalue weighted by molar-refractivity contribution is 0.240. The molecule has 0 fully saturated rings. The van der Waals surface area contributed by atoms with Crippen molar-refractivity contribution in [2.45, 2.75) is 59.5 Å². The number of hydrogen-bond acceptors (Lipinski definition) is 3. The summed E-state index contributed by atoms with van der Waals surface area (Å²) in [4.78, 5) is 22.6. The van der Waals surface area contributed by atoms with Gasteiger partial charge in [-0.15, -0.1) is 0 Å². The smallest absolute Gasteiger partial charge is 0.255 e. The summed E-state index contributed by atoms with van der Waals surface area (Å²) in [5, 5.41) is 0. The lowest BCUT2D eigenvalue weighted by Crippen LogP contribution is -2.37. The molecule has 1 aromatic carbocycles. The maximum absolute atomic E-state index is 12.5. The molecule has 0 radical (unpaired) electrons. The Labute approximate surface area is 143 Å². The van der Waals surface area contributed by atoms with Gasteiger partial charge < -0.3 is 4.98 Å². The molecule has 1 N–H and O–H groups in total.